The highest BCUT2D eigenvalue weighted by atomic mass is 35.5. The van der Waals surface area contributed by atoms with Crippen molar-refractivity contribution >= 4 is 23.1 Å². The van der Waals surface area contributed by atoms with Gasteiger partial charge in [-0.25, -0.2) is 9.97 Å². The van der Waals surface area contributed by atoms with Crippen LogP contribution in [0.25, 0.3) is 0 Å². The Morgan fingerprint density at radius 1 is 1.17 bits per heavy atom. The number of unbranched alkanes of at least 4 members (excludes halogenated alkanes) is 2. The van der Waals surface area contributed by atoms with Crippen LogP contribution in [0.15, 0.2) is 35.4 Å². The molecule has 0 aliphatic heterocycles. The highest BCUT2D eigenvalue weighted by Gasteiger charge is 2.01. The summed E-state index contributed by atoms with van der Waals surface area (Å²) in [5.41, 5.74) is 6.30. The Kier molecular flexibility index (Phi) is 6.53. The highest BCUT2D eigenvalue weighted by molar-refractivity contribution is 6.29. The lowest BCUT2D eigenvalue weighted by molar-refractivity contribution is 0.717. The van der Waals surface area contributed by atoms with E-state index in [-0.39, 0.29) is 0 Å². The van der Waals surface area contributed by atoms with Crippen molar-refractivity contribution in [3.63, 3.8) is 0 Å². The molecule has 0 amide bonds. The fourth-order valence-corrected chi connectivity index (χ4v) is 2.51. The second-order valence-corrected chi connectivity index (χ2v) is 5.97. The van der Waals surface area contributed by atoms with E-state index in [1.165, 1.54) is 24.8 Å². The van der Waals surface area contributed by atoms with Crippen LogP contribution in [0.4, 0.5) is 5.82 Å². The standard InChI is InChI=1S/C18H23ClN4/c1-4-5-6-7-15-8-10-16(11-9-15)13(2)22-23-18-12-17(19)20-14(3)21-18/h8-12H,4-7H2,1-3H3,(H,20,21,23). The van der Waals surface area contributed by atoms with Gasteiger partial charge in [-0.2, -0.15) is 5.10 Å². The minimum Gasteiger partial charge on any atom is -0.261 e. The van der Waals surface area contributed by atoms with E-state index in [2.05, 4.69) is 51.7 Å². The largest absolute Gasteiger partial charge is 0.261 e. The van der Waals surface area contributed by atoms with Crippen molar-refractivity contribution in [2.45, 2.75) is 46.5 Å². The first-order valence-electron chi connectivity index (χ1n) is 7.99. The number of nitrogens with zero attached hydrogens (tertiary/aromatic N) is 3. The molecule has 5 heteroatoms. The maximum absolute atomic E-state index is 5.91. The third-order valence-corrected chi connectivity index (χ3v) is 3.78. The molecule has 0 aliphatic carbocycles. The van der Waals surface area contributed by atoms with Gasteiger partial charge in [-0.15, -0.1) is 0 Å². The summed E-state index contributed by atoms with van der Waals surface area (Å²) in [7, 11) is 0. The third kappa shape index (κ3) is 5.64. The van der Waals surface area contributed by atoms with Crippen molar-refractivity contribution < 1.29 is 0 Å². The molecule has 0 saturated heterocycles. The van der Waals surface area contributed by atoms with Gasteiger partial charge in [0.2, 0.25) is 0 Å². The van der Waals surface area contributed by atoms with Gasteiger partial charge in [-0.05, 0) is 37.8 Å². The van der Waals surface area contributed by atoms with E-state index in [4.69, 9.17) is 11.6 Å². The molecule has 1 aromatic heterocycles. The number of anilines is 1. The van der Waals surface area contributed by atoms with Crippen LogP contribution >= 0.6 is 11.6 Å². The molecule has 2 rings (SSSR count). The number of aryl methyl sites for hydroxylation is 2. The van der Waals surface area contributed by atoms with E-state index >= 15 is 0 Å². The average molecular weight is 331 g/mol. The molecule has 0 saturated carbocycles. The summed E-state index contributed by atoms with van der Waals surface area (Å²) in [6.07, 6.45) is 4.93. The van der Waals surface area contributed by atoms with Crippen LogP contribution in [0, 0.1) is 6.92 Å². The summed E-state index contributed by atoms with van der Waals surface area (Å²) < 4.78 is 0. The minimum atomic E-state index is 0.407. The van der Waals surface area contributed by atoms with Crippen LogP contribution in [-0.4, -0.2) is 15.7 Å². The van der Waals surface area contributed by atoms with Crippen molar-refractivity contribution in [3.8, 4) is 0 Å². The molecule has 2 aromatic rings. The highest BCUT2D eigenvalue weighted by Crippen LogP contribution is 2.12. The van der Waals surface area contributed by atoms with Crippen molar-refractivity contribution in [3.05, 3.63) is 52.4 Å². The molecular formula is C18H23ClN4. The quantitative estimate of drug-likeness (QED) is 0.336. The van der Waals surface area contributed by atoms with Gasteiger partial charge in [-0.3, -0.25) is 5.43 Å². The average Bonchev–Trinajstić information content (AvgIpc) is 2.53. The maximum atomic E-state index is 5.91. The first-order chi connectivity index (χ1) is 11.1. The van der Waals surface area contributed by atoms with E-state index in [9.17, 15) is 0 Å². The summed E-state index contributed by atoms with van der Waals surface area (Å²) in [6.45, 7) is 5.99. The maximum Gasteiger partial charge on any atom is 0.151 e. The summed E-state index contributed by atoms with van der Waals surface area (Å²) in [6, 6.07) is 10.2. The Bertz CT molecular complexity index is 645. The fourth-order valence-electron chi connectivity index (χ4n) is 2.29. The van der Waals surface area contributed by atoms with Crippen LogP contribution in [0.5, 0.6) is 0 Å². The molecule has 4 nitrogen and oxygen atoms in total. The van der Waals surface area contributed by atoms with E-state index in [0.717, 1.165) is 17.7 Å². The van der Waals surface area contributed by atoms with Crippen LogP contribution in [-0.2, 0) is 6.42 Å². The minimum absolute atomic E-state index is 0.407. The molecular weight excluding hydrogens is 308 g/mol. The van der Waals surface area contributed by atoms with Crippen molar-refractivity contribution in [1.82, 2.24) is 9.97 Å². The number of halogens is 1. The molecule has 0 spiro atoms. The van der Waals surface area contributed by atoms with Gasteiger partial charge < -0.3 is 0 Å². The molecule has 1 N–H and O–H groups in total. The van der Waals surface area contributed by atoms with Gasteiger partial charge in [0.25, 0.3) is 0 Å². The van der Waals surface area contributed by atoms with Crippen LogP contribution in [0.2, 0.25) is 5.15 Å². The Labute approximate surface area is 143 Å². The summed E-state index contributed by atoms with van der Waals surface area (Å²) in [4.78, 5) is 8.27. The smallest absolute Gasteiger partial charge is 0.151 e. The van der Waals surface area contributed by atoms with E-state index in [1.54, 1.807) is 13.0 Å². The van der Waals surface area contributed by atoms with Crippen LogP contribution < -0.4 is 5.43 Å². The normalized spacial score (nSPS) is 11.6. The molecule has 0 fully saturated rings. The van der Waals surface area contributed by atoms with Gasteiger partial charge >= 0.3 is 0 Å². The monoisotopic (exact) mass is 330 g/mol. The second kappa shape index (κ2) is 8.63. The predicted molar refractivity (Wildman–Crippen MR) is 97.3 cm³/mol. The Morgan fingerprint density at radius 2 is 1.91 bits per heavy atom. The Hall–Kier alpha value is -1.94. The lowest BCUT2D eigenvalue weighted by Gasteiger charge is -2.06. The number of benzene rings is 1. The molecule has 122 valence electrons. The van der Waals surface area contributed by atoms with Crippen molar-refractivity contribution in [2.75, 3.05) is 5.43 Å². The SMILES string of the molecule is CCCCCc1ccc(C(C)=NNc2cc(Cl)nc(C)n2)cc1. The summed E-state index contributed by atoms with van der Waals surface area (Å²) in [5.74, 6) is 1.21. The number of nitrogens with one attached hydrogen (secondary N) is 1. The molecule has 1 heterocycles. The number of hydrogen-bond donors (Lipinski definition) is 1. The molecule has 0 bridgehead atoms. The first kappa shape index (κ1) is 17.4. The molecule has 23 heavy (non-hydrogen) atoms. The molecule has 1 aromatic carbocycles. The van der Waals surface area contributed by atoms with E-state index in [0.29, 0.717) is 16.8 Å². The number of hydrogen-bond acceptors (Lipinski definition) is 4. The first-order valence-corrected chi connectivity index (χ1v) is 8.37. The molecule has 0 radical (unpaired) electrons. The summed E-state index contributed by atoms with van der Waals surface area (Å²) in [5, 5.41) is 4.78. The fraction of sp³-hybridized carbons (Fsp3) is 0.389. The number of aromatic nitrogens is 2. The predicted octanol–water partition coefficient (Wildman–Crippen LogP) is 5.01. The zero-order valence-electron chi connectivity index (χ0n) is 13.9. The molecule has 0 aliphatic rings. The van der Waals surface area contributed by atoms with E-state index < -0.39 is 0 Å². The number of rotatable bonds is 7. The molecule has 0 unspecified atom stereocenters. The van der Waals surface area contributed by atoms with Crippen molar-refractivity contribution in [1.29, 1.82) is 0 Å². The summed E-state index contributed by atoms with van der Waals surface area (Å²) >= 11 is 5.91. The third-order valence-electron chi connectivity index (χ3n) is 3.59. The van der Waals surface area contributed by atoms with Crippen LogP contribution in [0.1, 0.15) is 50.1 Å². The lowest BCUT2D eigenvalue weighted by Crippen LogP contribution is -2.02. The van der Waals surface area contributed by atoms with Gasteiger partial charge in [0, 0.05) is 6.07 Å². The van der Waals surface area contributed by atoms with Crippen LogP contribution in [0.3, 0.4) is 0 Å². The Balaban J connectivity index is 2.00. The Morgan fingerprint density at radius 3 is 2.57 bits per heavy atom. The van der Waals surface area contributed by atoms with Gasteiger partial charge in [0.05, 0.1) is 5.71 Å². The van der Waals surface area contributed by atoms with Crippen molar-refractivity contribution in [2.24, 2.45) is 5.10 Å². The zero-order valence-corrected chi connectivity index (χ0v) is 14.7. The molecule has 0 atom stereocenters. The number of hydrazone groups is 1. The topological polar surface area (TPSA) is 50.2 Å². The lowest BCUT2D eigenvalue weighted by atomic mass is 10.0. The second-order valence-electron chi connectivity index (χ2n) is 5.59. The van der Waals surface area contributed by atoms with E-state index in [1.807, 2.05) is 6.92 Å². The van der Waals surface area contributed by atoms with Gasteiger partial charge in [-0.1, -0.05) is 55.6 Å². The zero-order chi connectivity index (χ0) is 16.7. The van der Waals surface area contributed by atoms with Gasteiger partial charge in [0.1, 0.15) is 11.0 Å². The van der Waals surface area contributed by atoms with Gasteiger partial charge in [0.15, 0.2) is 5.82 Å².